The summed E-state index contributed by atoms with van der Waals surface area (Å²) in [6, 6.07) is 3.80. The van der Waals surface area contributed by atoms with Crippen molar-refractivity contribution in [2.45, 2.75) is 19.9 Å². The summed E-state index contributed by atoms with van der Waals surface area (Å²) in [6.45, 7) is 3.83. The second-order valence-electron chi connectivity index (χ2n) is 4.99. The smallest absolute Gasteiger partial charge is 0.287 e. The molecule has 3 rings (SSSR count). The van der Waals surface area contributed by atoms with Crippen LogP contribution in [-0.2, 0) is 0 Å². The molecule has 1 N–H and O–H groups in total. The number of carbonyl (C=O) groups is 1. The summed E-state index contributed by atoms with van der Waals surface area (Å²) in [5.41, 5.74) is 2.33. The van der Waals surface area contributed by atoms with Crippen LogP contribution in [0.1, 0.15) is 24.5 Å². The lowest BCUT2D eigenvalue weighted by Crippen LogP contribution is -2.31. The molecular weight excluding hydrogens is 266 g/mol. The molecule has 0 bridgehead atoms. The van der Waals surface area contributed by atoms with Crippen molar-refractivity contribution in [3.05, 3.63) is 48.9 Å². The first-order valence-electron chi connectivity index (χ1n) is 6.70. The Hall–Kier alpha value is -2.76. The number of hydrogen-bond acceptors (Lipinski definition) is 4. The van der Waals surface area contributed by atoms with Crippen LogP contribution >= 0.6 is 0 Å². The lowest BCUT2D eigenvalue weighted by atomic mass is 10.2. The molecule has 106 valence electrons. The van der Waals surface area contributed by atoms with E-state index in [1.54, 1.807) is 35.4 Å². The second-order valence-corrected chi connectivity index (χ2v) is 4.99. The van der Waals surface area contributed by atoms with Crippen molar-refractivity contribution >= 4 is 11.4 Å². The summed E-state index contributed by atoms with van der Waals surface area (Å²) in [5, 5.41) is 2.86. The van der Waals surface area contributed by atoms with Crippen LogP contribution in [-0.4, -0.2) is 31.3 Å². The van der Waals surface area contributed by atoms with Crippen LogP contribution in [0, 0.1) is 0 Å². The highest BCUT2D eigenvalue weighted by Crippen LogP contribution is 2.23. The molecule has 6 nitrogen and oxygen atoms in total. The molecule has 0 atom stereocenters. The first-order valence-corrected chi connectivity index (χ1v) is 6.70. The van der Waals surface area contributed by atoms with Crippen molar-refractivity contribution in [2.24, 2.45) is 0 Å². The quantitative estimate of drug-likeness (QED) is 0.796. The Balaban J connectivity index is 2.17. The lowest BCUT2D eigenvalue weighted by Gasteiger charge is -2.06. The molecule has 0 saturated heterocycles. The molecule has 1 amide bonds. The fourth-order valence-electron chi connectivity index (χ4n) is 2.14. The zero-order chi connectivity index (χ0) is 14.8. The first kappa shape index (κ1) is 13.2. The summed E-state index contributed by atoms with van der Waals surface area (Å²) in [7, 11) is 0. The summed E-state index contributed by atoms with van der Waals surface area (Å²) in [6.07, 6.45) is 8.48. The number of hydrogen-bond donors (Lipinski definition) is 1. The Kier molecular flexibility index (Phi) is 3.35. The molecule has 0 aliphatic heterocycles. The summed E-state index contributed by atoms with van der Waals surface area (Å²) in [4.78, 5) is 25.0. The van der Waals surface area contributed by atoms with Crippen LogP contribution in [0.25, 0.3) is 16.8 Å². The van der Waals surface area contributed by atoms with Gasteiger partial charge in [-0.2, -0.15) is 0 Å². The lowest BCUT2D eigenvalue weighted by molar-refractivity contribution is 0.0932. The molecule has 0 spiro atoms. The van der Waals surface area contributed by atoms with Crippen molar-refractivity contribution in [1.29, 1.82) is 0 Å². The molecule has 0 aromatic carbocycles. The van der Waals surface area contributed by atoms with Crippen molar-refractivity contribution in [1.82, 2.24) is 24.7 Å². The van der Waals surface area contributed by atoms with Crippen molar-refractivity contribution in [3.63, 3.8) is 0 Å². The Morgan fingerprint density at radius 1 is 1.24 bits per heavy atom. The SMILES string of the molecule is CC(C)NC(=O)c1nc(-c2cccnc2)c2cnccn12. The number of rotatable bonds is 3. The predicted molar refractivity (Wildman–Crippen MR) is 78.8 cm³/mol. The van der Waals surface area contributed by atoms with Gasteiger partial charge in [0.05, 0.1) is 11.7 Å². The van der Waals surface area contributed by atoms with E-state index in [9.17, 15) is 4.79 Å². The van der Waals surface area contributed by atoms with Crippen molar-refractivity contribution < 1.29 is 4.79 Å². The van der Waals surface area contributed by atoms with Gasteiger partial charge in [0, 0.05) is 36.4 Å². The zero-order valence-electron chi connectivity index (χ0n) is 11.8. The van der Waals surface area contributed by atoms with Gasteiger partial charge in [0.15, 0.2) is 0 Å². The van der Waals surface area contributed by atoms with E-state index in [0.29, 0.717) is 11.5 Å². The molecule has 0 aliphatic rings. The number of nitrogens with zero attached hydrogens (tertiary/aromatic N) is 4. The first-order chi connectivity index (χ1) is 10.2. The Morgan fingerprint density at radius 2 is 2.05 bits per heavy atom. The highest BCUT2D eigenvalue weighted by Gasteiger charge is 2.18. The minimum atomic E-state index is -0.207. The van der Waals surface area contributed by atoms with E-state index in [0.717, 1.165) is 11.1 Å². The summed E-state index contributed by atoms with van der Waals surface area (Å²) in [5.74, 6) is 0.140. The van der Waals surface area contributed by atoms with Crippen LogP contribution in [0.5, 0.6) is 0 Å². The summed E-state index contributed by atoms with van der Waals surface area (Å²) < 4.78 is 1.74. The van der Waals surface area contributed by atoms with Gasteiger partial charge in [-0.05, 0) is 26.0 Å². The maximum absolute atomic E-state index is 12.3. The molecule has 0 fully saturated rings. The molecule has 0 aliphatic carbocycles. The molecule has 0 unspecified atom stereocenters. The number of imidazole rings is 1. The largest absolute Gasteiger partial charge is 0.347 e. The van der Waals surface area contributed by atoms with Crippen LogP contribution < -0.4 is 5.32 Å². The van der Waals surface area contributed by atoms with Gasteiger partial charge in [-0.3, -0.25) is 19.2 Å². The van der Waals surface area contributed by atoms with Gasteiger partial charge in [0.25, 0.3) is 5.91 Å². The molecule has 3 heterocycles. The number of fused-ring (bicyclic) bond motifs is 1. The maximum Gasteiger partial charge on any atom is 0.287 e. The third-order valence-electron chi connectivity index (χ3n) is 3.00. The molecule has 3 aromatic heterocycles. The standard InChI is InChI=1S/C15H15N5O/c1-10(2)18-15(21)14-19-13(11-4-3-5-16-8-11)12-9-17-6-7-20(12)14/h3-10H,1-2H3,(H,18,21). The van der Waals surface area contributed by atoms with Gasteiger partial charge >= 0.3 is 0 Å². The van der Waals surface area contributed by atoms with E-state index in [-0.39, 0.29) is 11.9 Å². The third-order valence-corrected chi connectivity index (χ3v) is 3.00. The number of carbonyl (C=O) groups excluding carboxylic acids is 1. The molecule has 0 radical (unpaired) electrons. The van der Waals surface area contributed by atoms with Crippen LogP contribution in [0.4, 0.5) is 0 Å². The van der Waals surface area contributed by atoms with E-state index < -0.39 is 0 Å². The zero-order valence-corrected chi connectivity index (χ0v) is 11.8. The minimum absolute atomic E-state index is 0.0496. The number of amides is 1. The van der Waals surface area contributed by atoms with Crippen LogP contribution in [0.3, 0.4) is 0 Å². The Morgan fingerprint density at radius 3 is 2.76 bits per heavy atom. The van der Waals surface area contributed by atoms with Crippen molar-refractivity contribution in [2.75, 3.05) is 0 Å². The Labute approximate surface area is 121 Å². The average molecular weight is 281 g/mol. The fraction of sp³-hybridized carbons (Fsp3) is 0.200. The van der Waals surface area contributed by atoms with Gasteiger partial charge in [0.2, 0.25) is 5.82 Å². The monoisotopic (exact) mass is 281 g/mol. The van der Waals surface area contributed by atoms with E-state index in [1.165, 1.54) is 0 Å². The van der Waals surface area contributed by atoms with Gasteiger partial charge in [-0.1, -0.05) is 0 Å². The molecule has 3 aromatic rings. The number of pyridine rings is 1. The van der Waals surface area contributed by atoms with Gasteiger partial charge in [-0.15, -0.1) is 0 Å². The van der Waals surface area contributed by atoms with Crippen molar-refractivity contribution in [3.8, 4) is 11.3 Å². The molecular formula is C15H15N5O. The third kappa shape index (κ3) is 2.47. The number of aromatic nitrogens is 4. The average Bonchev–Trinajstić information content (AvgIpc) is 2.87. The molecule has 6 heteroatoms. The van der Waals surface area contributed by atoms with E-state index >= 15 is 0 Å². The highest BCUT2D eigenvalue weighted by atomic mass is 16.2. The van der Waals surface area contributed by atoms with Crippen LogP contribution in [0.2, 0.25) is 0 Å². The number of nitrogens with one attached hydrogen (secondary N) is 1. The van der Waals surface area contributed by atoms with E-state index in [2.05, 4.69) is 20.3 Å². The van der Waals surface area contributed by atoms with Gasteiger partial charge in [-0.25, -0.2) is 4.98 Å². The van der Waals surface area contributed by atoms with Gasteiger partial charge in [0.1, 0.15) is 5.69 Å². The highest BCUT2D eigenvalue weighted by molar-refractivity contribution is 5.94. The van der Waals surface area contributed by atoms with E-state index in [1.807, 2.05) is 26.0 Å². The summed E-state index contributed by atoms with van der Waals surface area (Å²) >= 11 is 0. The Bertz CT molecular complexity index is 779. The van der Waals surface area contributed by atoms with E-state index in [4.69, 9.17) is 0 Å². The maximum atomic E-state index is 12.3. The second kappa shape index (κ2) is 5.32. The fourth-order valence-corrected chi connectivity index (χ4v) is 2.14. The molecule has 0 saturated carbocycles. The topological polar surface area (TPSA) is 72.2 Å². The normalized spacial score (nSPS) is 11.0. The minimum Gasteiger partial charge on any atom is -0.347 e. The van der Waals surface area contributed by atoms with Crippen LogP contribution in [0.15, 0.2) is 43.1 Å². The molecule has 21 heavy (non-hydrogen) atoms. The van der Waals surface area contributed by atoms with Gasteiger partial charge < -0.3 is 5.32 Å². The predicted octanol–water partition coefficient (Wildman–Crippen LogP) is 1.93.